The number of hydrogen-bond donors (Lipinski definition) is 1. The minimum atomic E-state index is -0.0505. The molecule has 2 aliphatic carbocycles. The Morgan fingerprint density at radius 2 is 1.76 bits per heavy atom. The molecule has 1 N–H and O–H groups in total. The van der Waals surface area contributed by atoms with Gasteiger partial charge >= 0.3 is 0 Å². The summed E-state index contributed by atoms with van der Waals surface area (Å²) in [5.41, 5.74) is 2.68. The first-order valence-electron chi connectivity index (χ1n) is 11.6. The SMILES string of the molecule is CCC(=O)N1CCN([C@H](C(=O)N[C@@H]2CCCc3ccccc32)C2CCCC2)CC1. The van der Waals surface area contributed by atoms with Crippen LogP contribution in [0.2, 0.25) is 0 Å². The second-order valence-corrected chi connectivity index (χ2v) is 8.91. The second kappa shape index (κ2) is 9.29. The van der Waals surface area contributed by atoms with Crippen LogP contribution in [0.3, 0.4) is 0 Å². The predicted molar refractivity (Wildman–Crippen MR) is 114 cm³/mol. The third kappa shape index (κ3) is 4.50. The highest BCUT2D eigenvalue weighted by Gasteiger charge is 2.38. The van der Waals surface area contributed by atoms with Crippen LogP contribution in [0.4, 0.5) is 0 Å². The molecule has 1 aliphatic heterocycles. The van der Waals surface area contributed by atoms with Crippen molar-refractivity contribution >= 4 is 11.8 Å². The maximum Gasteiger partial charge on any atom is 0.238 e. The molecule has 2 fully saturated rings. The summed E-state index contributed by atoms with van der Waals surface area (Å²) in [5, 5.41) is 3.43. The minimum absolute atomic E-state index is 0.0505. The number of benzene rings is 1. The van der Waals surface area contributed by atoms with E-state index in [4.69, 9.17) is 0 Å². The average Bonchev–Trinajstić information content (AvgIpc) is 3.28. The fraction of sp³-hybridized carbons (Fsp3) is 0.667. The highest BCUT2D eigenvalue weighted by atomic mass is 16.2. The van der Waals surface area contributed by atoms with Gasteiger partial charge in [-0.05, 0) is 49.1 Å². The van der Waals surface area contributed by atoms with Crippen molar-refractivity contribution in [2.75, 3.05) is 26.2 Å². The Balaban J connectivity index is 1.46. The van der Waals surface area contributed by atoms with E-state index in [1.165, 1.54) is 24.0 Å². The summed E-state index contributed by atoms with van der Waals surface area (Å²) < 4.78 is 0. The molecule has 0 spiro atoms. The molecular formula is C24H35N3O2. The van der Waals surface area contributed by atoms with Gasteiger partial charge in [-0.2, -0.15) is 0 Å². The quantitative estimate of drug-likeness (QED) is 0.829. The lowest BCUT2D eigenvalue weighted by molar-refractivity contribution is -0.135. The number of fused-ring (bicyclic) bond motifs is 1. The molecule has 0 aromatic heterocycles. The van der Waals surface area contributed by atoms with Gasteiger partial charge < -0.3 is 10.2 Å². The molecule has 1 heterocycles. The first kappa shape index (κ1) is 20.4. The van der Waals surface area contributed by atoms with Gasteiger partial charge in [0.05, 0.1) is 12.1 Å². The molecule has 5 heteroatoms. The van der Waals surface area contributed by atoms with E-state index in [9.17, 15) is 9.59 Å². The van der Waals surface area contributed by atoms with E-state index < -0.39 is 0 Å². The number of aryl methyl sites for hydroxylation is 1. The summed E-state index contributed by atoms with van der Waals surface area (Å²) in [6.07, 6.45) is 8.59. The molecule has 1 saturated heterocycles. The Morgan fingerprint density at radius 1 is 1.03 bits per heavy atom. The number of amides is 2. The van der Waals surface area contributed by atoms with Gasteiger partial charge in [0.15, 0.2) is 0 Å². The smallest absolute Gasteiger partial charge is 0.238 e. The van der Waals surface area contributed by atoms with Crippen molar-refractivity contribution in [3.05, 3.63) is 35.4 Å². The Bertz CT molecular complexity index is 721. The van der Waals surface area contributed by atoms with E-state index in [0.717, 1.165) is 58.3 Å². The standard InChI is InChI=1S/C24H35N3O2/c1-2-22(28)26-14-16-27(17-15-26)23(19-9-3-4-10-19)24(29)25-21-13-7-11-18-8-5-6-12-20(18)21/h5-6,8,12,19,21,23H,2-4,7,9-11,13-17H2,1H3,(H,25,29)/t21-,23+/m1/s1. The summed E-state index contributed by atoms with van der Waals surface area (Å²) in [4.78, 5) is 29.9. The van der Waals surface area contributed by atoms with Crippen LogP contribution in [0.15, 0.2) is 24.3 Å². The predicted octanol–water partition coefficient (Wildman–Crippen LogP) is 3.29. The molecule has 0 unspecified atom stereocenters. The molecule has 0 radical (unpaired) electrons. The summed E-state index contributed by atoms with van der Waals surface area (Å²) in [6, 6.07) is 8.65. The molecule has 1 aromatic rings. The lowest BCUT2D eigenvalue weighted by Gasteiger charge is -2.41. The molecule has 2 atom stereocenters. The zero-order valence-electron chi connectivity index (χ0n) is 17.7. The van der Waals surface area contributed by atoms with Gasteiger partial charge in [-0.3, -0.25) is 14.5 Å². The van der Waals surface area contributed by atoms with Gasteiger partial charge in [-0.15, -0.1) is 0 Å². The third-order valence-electron chi connectivity index (χ3n) is 7.16. The molecular weight excluding hydrogens is 362 g/mol. The topological polar surface area (TPSA) is 52.7 Å². The average molecular weight is 398 g/mol. The number of carbonyl (C=O) groups excluding carboxylic acids is 2. The van der Waals surface area contributed by atoms with Crippen LogP contribution in [0, 0.1) is 5.92 Å². The van der Waals surface area contributed by atoms with E-state index in [0.29, 0.717) is 12.3 Å². The maximum absolute atomic E-state index is 13.5. The van der Waals surface area contributed by atoms with Crippen molar-refractivity contribution < 1.29 is 9.59 Å². The summed E-state index contributed by atoms with van der Waals surface area (Å²) >= 11 is 0. The molecule has 0 bridgehead atoms. The largest absolute Gasteiger partial charge is 0.348 e. The summed E-state index contributed by atoms with van der Waals surface area (Å²) in [5.74, 6) is 0.876. The molecule has 29 heavy (non-hydrogen) atoms. The fourth-order valence-electron chi connectivity index (χ4n) is 5.59. The van der Waals surface area contributed by atoms with Gasteiger partial charge in [0.2, 0.25) is 11.8 Å². The Hall–Kier alpha value is -1.88. The van der Waals surface area contributed by atoms with Crippen LogP contribution in [-0.2, 0) is 16.0 Å². The normalized spacial score (nSPS) is 24.2. The minimum Gasteiger partial charge on any atom is -0.348 e. The summed E-state index contributed by atoms with van der Waals surface area (Å²) in [6.45, 7) is 5.03. The zero-order valence-corrected chi connectivity index (χ0v) is 17.7. The number of rotatable bonds is 5. The Morgan fingerprint density at radius 3 is 2.48 bits per heavy atom. The third-order valence-corrected chi connectivity index (χ3v) is 7.16. The van der Waals surface area contributed by atoms with Crippen LogP contribution in [0.25, 0.3) is 0 Å². The molecule has 1 saturated carbocycles. The number of nitrogens with one attached hydrogen (secondary N) is 1. The molecule has 5 nitrogen and oxygen atoms in total. The highest BCUT2D eigenvalue weighted by molar-refractivity contribution is 5.83. The first-order valence-corrected chi connectivity index (χ1v) is 11.6. The highest BCUT2D eigenvalue weighted by Crippen LogP contribution is 2.33. The van der Waals surface area contributed by atoms with Crippen LogP contribution >= 0.6 is 0 Å². The van der Waals surface area contributed by atoms with Crippen molar-refractivity contribution in [1.82, 2.24) is 15.1 Å². The van der Waals surface area contributed by atoms with E-state index in [2.05, 4.69) is 34.5 Å². The molecule has 3 aliphatic rings. The fourth-order valence-corrected chi connectivity index (χ4v) is 5.59. The first-order chi connectivity index (χ1) is 14.2. The maximum atomic E-state index is 13.5. The van der Waals surface area contributed by atoms with Crippen LogP contribution < -0.4 is 5.32 Å². The molecule has 4 rings (SSSR count). The monoisotopic (exact) mass is 397 g/mol. The van der Waals surface area contributed by atoms with Crippen LogP contribution in [-0.4, -0.2) is 53.8 Å². The van der Waals surface area contributed by atoms with Crippen LogP contribution in [0.1, 0.15) is 69.0 Å². The van der Waals surface area contributed by atoms with Crippen LogP contribution in [0.5, 0.6) is 0 Å². The van der Waals surface area contributed by atoms with Crippen molar-refractivity contribution in [1.29, 1.82) is 0 Å². The Labute approximate surface area is 174 Å². The lowest BCUT2D eigenvalue weighted by Crippen LogP contribution is -2.58. The number of carbonyl (C=O) groups is 2. The molecule has 158 valence electrons. The number of nitrogens with zero attached hydrogens (tertiary/aromatic N) is 2. The van der Waals surface area contributed by atoms with E-state index in [1.54, 1.807) is 0 Å². The van der Waals surface area contributed by atoms with Crippen molar-refractivity contribution in [2.24, 2.45) is 5.92 Å². The van der Waals surface area contributed by atoms with Gasteiger partial charge in [-0.25, -0.2) is 0 Å². The number of hydrogen-bond acceptors (Lipinski definition) is 3. The summed E-state index contributed by atoms with van der Waals surface area (Å²) in [7, 11) is 0. The van der Waals surface area contributed by atoms with E-state index >= 15 is 0 Å². The zero-order chi connectivity index (χ0) is 20.2. The number of piperazine rings is 1. The van der Waals surface area contributed by atoms with Gasteiger partial charge in [0.25, 0.3) is 0 Å². The second-order valence-electron chi connectivity index (χ2n) is 8.91. The van der Waals surface area contributed by atoms with Crippen molar-refractivity contribution in [3.8, 4) is 0 Å². The van der Waals surface area contributed by atoms with Gasteiger partial charge in [0, 0.05) is 32.6 Å². The van der Waals surface area contributed by atoms with Gasteiger partial charge in [0.1, 0.15) is 0 Å². The van der Waals surface area contributed by atoms with E-state index in [-0.39, 0.29) is 23.9 Å². The molecule has 2 amide bonds. The van der Waals surface area contributed by atoms with Crippen molar-refractivity contribution in [2.45, 2.75) is 70.4 Å². The lowest BCUT2D eigenvalue weighted by atomic mass is 9.87. The van der Waals surface area contributed by atoms with Gasteiger partial charge in [-0.1, -0.05) is 44.0 Å². The van der Waals surface area contributed by atoms with Crippen molar-refractivity contribution in [3.63, 3.8) is 0 Å². The Kier molecular flexibility index (Phi) is 6.53. The van der Waals surface area contributed by atoms with E-state index in [1.807, 2.05) is 11.8 Å². The molecule has 1 aromatic carbocycles.